The second-order valence-corrected chi connectivity index (χ2v) is 7.45. The van der Waals surface area contributed by atoms with Crippen LogP contribution in [0.15, 0.2) is 42.5 Å². The molecule has 0 aromatic heterocycles. The monoisotopic (exact) mass is 440 g/mol. The Balaban J connectivity index is 1.54. The largest absolute Gasteiger partial charge is 0.455 e. The van der Waals surface area contributed by atoms with Gasteiger partial charge in [-0.1, -0.05) is 46.9 Å². The highest BCUT2D eigenvalue weighted by Crippen LogP contribution is 2.31. The Bertz CT molecular complexity index is 915. The molecule has 0 bridgehead atoms. The molecule has 1 aliphatic rings. The predicted octanol–water partition coefficient (Wildman–Crippen LogP) is 4.18. The maximum absolute atomic E-state index is 12.3. The molecule has 2 aromatic rings. The number of anilines is 2. The molecule has 0 unspecified atom stereocenters. The number of benzene rings is 2. The zero-order valence-electron chi connectivity index (χ0n) is 14.5. The Hall–Kier alpha value is -2.28. The van der Waals surface area contributed by atoms with Crippen LogP contribution < -0.4 is 10.2 Å². The van der Waals surface area contributed by atoms with Gasteiger partial charge >= 0.3 is 5.97 Å². The summed E-state index contributed by atoms with van der Waals surface area (Å²) in [6.45, 7) is -0.341. The third-order valence-corrected chi connectivity index (χ3v) is 4.85. The number of hydrogen-bond acceptors (Lipinski definition) is 4. The average Bonchev–Trinajstić information content (AvgIpc) is 3.01. The number of halogens is 3. The number of carbonyl (C=O) groups excluding carboxylic acids is 3. The van der Waals surface area contributed by atoms with Crippen LogP contribution in [-0.2, 0) is 19.1 Å². The first kappa shape index (κ1) is 20.5. The molecule has 3 rings (SSSR count). The number of nitrogens with zero attached hydrogens (tertiary/aromatic N) is 1. The third-order valence-electron chi connectivity index (χ3n) is 4.09. The molecule has 28 heavy (non-hydrogen) atoms. The number of hydrogen-bond donors (Lipinski definition) is 1. The molecule has 9 heteroatoms. The fourth-order valence-corrected chi connectivity index (χ4v) is 3.61. The van der Waals surface area contributed by atoms with Crippen molar-refractivity contribution in [2.75, 3.05) is 23.4 Å². The van der Waals surface area contributed by atoms with Crippen LogP contribution in [0.25, 0.3) is 0 Å². The number of esters is 1. The fraction of sp³-hybridized carbons (Fsp3) is 0.211. The summed E-state index contributed by atoms with van der Waals surface area (Å²) in [6, 6.07) is 11.4. The molecule has 0 aliphatic carbocycles. The van der Waals surface area contributed by atoms with Crippen molar-refractivity contribution in [1.82, 2.24) is 0 Å². The lowest BCUT2D eigenvalue weighted by Gasteiger charge is -2.17. The van der Waals surface area contributed by atoms with Crippen LogP contribution in [0.5, 0.6) is 0 Å². The van der Waals surface area contributed by atoms with Gasteiger partial charge in [0.2, 0.25) is 5.91 Å². The van der Waals surface area contributed by atoms with Crippen LogP contribution in [0.3, 0.4) is 0 Å². The maximum Gasteiger partial charge on any atom is 0.311 e. The van der Waals surface area contributed by atoms with E-state index in [1.807, 2.05) is 0 Å². The third kappa shape index (κ3) is 4.95. The van der Waals surface area contributed by atoms with E-state index >= 15 is 0 Å². The number of para-hydroxylation sites is 1. The molecule has 1 fully saturated rings. The van der Waals surface area contributed by atoms with E-state index in [1.165, 1.54) is 23.1 Å². The first-order chi connectivity index (χ1) is 13.3. The quantitative estimate of drug-likeness (QED) is 0.706. The predicted molar refractivity (Wildman–Crippen MR) is 108 cm³/mol. The molecular weight excluding hydrogens is 427 g/mol. The number of ether oxygens (including phenoxy) is 1. The van der Waals surface area contributed by atoms with Gasteiger partial charge in [0.05, 0.1) is 16.6 Å². The molecule has 0 spiro atoms. The van der Waals surface area contributed by atoms with Crippen molar-refractivity contribution in [1.29, 1.82) is 0 Å². The Morgan fingerprint density at radius 3 is 2.46 bits per heavy atom. The molecule has 1 aliphatic heterocycles. The van der Waals surface area contributed by atoms with Gasteiger partial charge in [-0.3, -0.25) is 14.4 Å². The van der Waals surface area contributed by atoms with Gasteiger partial charge in [-0.25, -0.2) is 0 Å². The van der Waals surface area contributed by atoms with Crippen LogP contribution in [0.1, 0.15) is 6.42 Å². The summed E-state index contributed by atoms with van der Waals surface area (Å²) in [6.07, 6.45) is -0.00439. The van der Waals surface area contributed by atoms with Gasteiger partial charge in [0.25, 0.3) is 5.91 Å². The summed E-state index contributed by atoms with van der Waals surface area (Å²) >= 11 is 17.9. The summed E-state index contributed by atoms with van der Waals surface area (Å²) in [5, 5.41) is 3.69. The van der Waals surface area contributed by atoms with Gasteiger partial charge in [-0.2, -0.15) is 0 Å². The lowest BCUT2D eigenvalue weighted by molar-refractivity contribution is -0.151. The zero-order valence-corrected chi connectivity index (χ0v) is 16.7. The van der Waals surface area contributed by atoms with Crippen molar-refractivity contribution < 1.29 is 19.1 Å². The standard InChI is InChI=1S/C19H15Cl3N2O4/c20-12-6-13(21)8-14(7-12)23-17(25)10-28-19(27)11-5-18(26)24(9-11)16-4-2-1-3-15(16)22/h1-4,6-8,11H,5,9-10H2,(H,23,25)/t11-/m1/s1. The number of rotatable bonds is 5. The highest BCUT2D eigenvalue weighted by Gasteiger charge is 2.37. The molecule has 1 saturated heterocycles. The van der Waals surface area contributed by atoms with Crippen LogP contribution in [0.4, 0.5) is 11.4 Å². The van der Waals surface area contributed by atoms with Crippen LogP contribution in [0.2, 0.25) is 15.1 Å². The lowest BCUT2D eigenvalue weighted by Crippen LogP contribution is -2.28. The molecule has 6 nitrogen and oxygen atoms in total. The molecule has 0 saturated carbocycles. The van der Waals surface area contributed by atoms with Gasteiger partial charge in [0.1, 0.15) is 0 Å². The second kappa shape index (κ2) is 8.82. The van der Waals surface area contributed by atoms with Crippen LogP contribution >= 0.6 is 34.8 Å². The summed E-state index contributed by atoms with van der Waals surface area (Å²) in [7, 11) is 0. The minimum Gasteiger partial charge on any atom is -0.455 e. The van der Waals surface area contributed by atoms with Gasteiger partial charge in [-0.05, 0) is 30.3 Å². The number of carbonyl (C=O) groups is 3. The molecule has 1 atom stereocenters. The highest BCUT2D eigenvalue weighted by molar-refractivity contribution is 6.35. The van der Waals surface area contributed by atoms with E-state index in [-0.39, 0.29) is 18.9 Å². The molecule has 1 heterocycles. The smallest absolute Gasteiger partial charge is 0.311 e. The summed E-state index contributed by atoms with van der Waals surface area (Å²) < 4.78 is 5.05. The Morgan fingerprint density at radius 1 is 1.11 bits per heavy atom. The molecule has 0 radical (unpaired) electrons. The fourth-order valence-electron chi connectivity index (χ4n) is 2.85. The van der Waals surface area contributed by atoms with E-state index in [0.717, 1.165) is 0 Å². The van der Waals surface area contributed by atoms with E-state index in [9.17, 15) is 14.4 Å². The zero-order chi connectivity index (χ0) is 20.3. The van der Waals surface area contributed by atoms with Crippen molar-refractivity contribution in [3.63, 3.8) is 0 Å². The lowest BCUT2D eigenvalue weighted by atomic mass is 10.1. The average molecular weight is 442 g/mol. The van der Waals surface area contributed by atoms with Crippen molar-refractivity contribution in [2.45, 2.75) is 6.42 Å². The molecule has 2 aromatic carbocycles. The van der Waals surface area contributed by atoms with E-state index in [4.69, 9.17) is 39.5 Å². The van der Waals surface area contributed by atoms with Gasteiger partial charge < -0.3 is 15.0 Å². The molecule has 2 amide bonds. The topological polar surface area (TPSA) is 75.7 Å². The Morgan fingerprint density at radius 2 is 1.79 bits per heavy atom. The van der Waals surface area contributed by atoms with Gasteiger partial charge in [-0.15, -0.1) is 0 Å². The highest BCUT2D eigenvalue weighted by atomic mass is 35.5. The molecule has 1 N–H and O–H groups in total. The van der Waals surface area contributed by atoms with Gasteiger partial charge in [0.15, 0.2) is 6.61 Å². The first-order valence-electron chi connectivity index (χ1n) is 8.31. The summed E-state index contributed by atoms with van der Waals surface area (Å²) in [5.74, 6) is -2.06. The van der Waals surface area contributed by atoms with Crippen molar-refractivity contribution in [3.8, 4) is 0 Å². The normalized spacial score (nSPS) is 16.2. The minimum absolute atomic E-state index is 0.00439. The summed E-state index contributed by atoms with van der Waals surface area (Å²) in [5.41, 5.74) is 0.930. The van der Waals surface area contributed by atoms with E-state index in [2.05, 4.69) is 5.32 Å². The number of nitrogens with one attached hydrogen (secondary N) is 1. The van der Waals surface area contributed by atoms with Crippen molar-refractivity contribution >= 4 is 64.0 Å². The summed E-state index contributed by atoms with van der Waals surface area (Å²) in [4.78, 5) is 37.9. The second-order valence-electron chi connectivity index (χ2n) is 6.17. The number of amides is 2. The van der Waals surface area contributed by atoms with Crippen LogP contribution in [-0.4, -0.2) is 30.9 Å². The molecular formula is C19H15Cl3N2O4. The van der Waals surface area contributed by atoms with Crippen molar-refractivity contribution in [2.24, 2.45) is 5.92 Å². The van der Waals surface area contributed by atoms with Gasteiger partial charge in [0, 0.05) is 28.7 Å². The Kier molecular flexibility index (Phi) is 6.44. The van der Waals surface area contributed by atoms with E-state index < -0.39 is 24.4 Å². The SMILES string of the molecule is O=C(COC(=O)[C@@H]1CC(=O)N(c2ccccc2Cl)C1)Nc1cc(Cl)cc(Cl)c1. The minimum atomic E-state index is -0.669. The first-order valence-corrected chi connectivity index (χ1v) is 9.44. The molecule has 146 valence electrons. The Labute approximate surface area is 176 Å². The van der Waals surface area contributed by atoms with E-state index in [0.29, 0.717) is 26.4 Å². The van der Waals surface area contributed by atoms with Crippen molar-refractivity contribution in [3.05, 3.63) is 57.5 Å². The van der Waals surface area contributed by atoms with E-state index in [1.54, 1.807) is 24.3 Å². The van der Waals surface area contributed by atoms with Crippen LogP contribution in [0, 0.1) is 5.92 Å². The maximum atomic E-state index is 12.3.